The van der Waals surface area contributed by atoms with E-state index in [2.05, 4.69) is 27.1 Å². The van der Waals surface area contributed by atoms with Crippen LogP contribution in [0.5, 0.6) is 0 Å². The highest BCUT2D eigenvalue weighted by Crippen LogP contribution is 2.14. The van der Waals surface area contributed by atoms with Gasteiger partial charge in [-0.2, -0.15) is 0 Å². The molecule has 0 saturated heterocycles. The monoisotopic (exact) mass is 267 g/mol. The number of hydrogen-bond acceptors (Lipinski definition) is 4. The molecule has 1 aromatic heterocycles. The molecule has 2 aromatic rings. The SMILES string of the molecule is O=C(Nc1ccccc1C#CCCO)c1cnccn1. The maximum absolute atomic E-state index is 12.0. The second kappa shape index (κ2) is 7.02. The lowest BCUT2D eigenvalue weighted by atomic mass is 10.1. The maximum atomic E-state index is 12.0. The summed E-state index contributed by atoms with van der Waals surface area (Å²) < 4.78 is 0. The number of para-hydroxylation sites is 1. The lowest BCUT2D eigenvalue weighted by molar-refractivity contribution is 0.102. The van der Waals surface area contributed by atoms with Crippen molar-refractivity contribution in [2.75, 3.05) is 11.9 Å². The number of carbonyl (C=O) groups is 1. The zero-order chi connectivity index (χ0) is 14.2. The van der Waals surface area contributed by atoms with Crippen molar-refractivity contribution in [3.63, 3.8) is 0 Å². The van der Waals surface area contributed by atoms with Crippen LogP contribution < -0.4 is 5.32 Å². The molecule has 1 amide bonds. The summed E-state index contributed by atoms with van der Waals surface area (Å²) in [4.78, 5) is 19.8. The Hall–Kier alpha value is -2.71. The van der Waals surface area contributed by atoms with Gasteiger partial charge in [0.25, 0.3) is 5.91 Å². The first-order valence-corrected chi connectivity index (χ1v) is 6.07. The van der Waals surface area contributed by atoms with E-state index >= 15 is 0 Å². The number of aliphatic hydroxyl groups is 1. The van der Waals surface area contributed by atoms with Crippen molar-refractivity contribution in [1.29, 1.82) is 0 Å². The molecule has 0 fully saturated rings. The van der Waals surface area contributed by atoms with Gasteiger partial charge in [-0.1, -0.05) is 24.0 Å². The molecule has 2 N–H and O–H groups in total. The number of amides is 1. The summed E-state index contributed by atoms with van der Waals surface area (Å²) in [5.41, 5.74) is 1.54. The van der Waals surface area contributed by atoms with E-state index in [1.807, 2.05) is 12.1 Å². The van der Waals surface area contributed by atoms with Gasteiger partial charge < -0.3 is 10.4 Å². The molecule has 1 heterocycles. The van der Waals surface area contributed by atoms with E-state index in [1.54, 1.807) is 12.1 Å². The van der Waals surface area contributed by atoms with Crippen molar-refractivity contribution < 1.29 is 9.90 Å². The third-order valence-corrected chi connectivity index (χ3v) is 2.43. The van der Waals surface area contributed by atoms with Crippen molar-refractivity contribution in [1.82, 2.24) is 9.97 Å². The highest BCUT2D eigenvalue weighted by atomic mass is 16.2. The van der Waals surface area contributed by atoms with Crippen LogP contribution in [-0.4, -0.2) is 27.6 Å². The molecule has 0 radical (unpaired) electrons. The number of hydrogen-bond donors (Lipinski definition) is 2. The number of rotatable bonds is 3. The summed E-state index contributed by atoms with van der Waals surface area (Å²) in [7, 11) is 0. The van der Waals surface area contributed by atoms with Crippen LogP contribution in [0.1, 0.15) is 22.5 Å². The Kier molecular flexibility index (Phi) is 4.81. The molecule has 0 saturated carbocycles. The minimum atomic E-state index is -0.338. The molecule has 5 heteroatoms. The molecule has 1 aromatic carbocycles. The molecule has 0 bridgehead atoms. The van der Waals surface area contributed by atoms with Gasteiger partial charge in [0.05, 0.1) is 18.5 Å². The predicted molar refractivity (Wildman–Crippen MR) is 75.0 cm³/mol. The van der Waals surface area contributed by atoms with E-state index in [-0.39, 0.29) is 18.2 Å². The minimum absolute atomic E-state index is 0.0150. The number of aliphatic hydroxyl groups excluding tert-OH is 1. The first-order valence-electron chi connectivity index (χ1n) is 6.07. The molecular weight excluding hydrogens is 254 g/mol. The zero-order valence-electron chi connectivity index (χ0n) is 10.7. The number of carbonyl (C=O) groups excluding carboxylic acids is 1. The van der Waals surface area contributed by atoms with Crippen LogP contribution in [0.3, 0.4) is 0 Å². The van der Waals surface area contributed by atoms with Gasteiger partial charge in [0.15, 0.2) is 0 Å². The van der Waals surface area contributed by atoms with Gasteiger partial charge in [-0.25, -0.2) is 4.98 Å². The molecule has 0 unspecified atom stereocenters. The third kappa shape index (κ3) is 3.64. The third-order valence-electron chi connectivity index (χ3n) is 2.43. The summed E-state index contributed by atoms with van der Waals surface area (Å²) in [6.45, 7) is 0.0150. The van der Waals surface area contributed by atoms with E-state index in [4.69, 9.17) is 5.11 Å². The topological polar surface area (TPSA) is 75.1 Å². The second-order valence-corrected chi connectivity index (χ2v) is 3.87. The van der Waals surface area contributed by atoms with Gasteiger partial charge in [0, 0.05) is 24.4 Å². The molecule has 0 spiro atoms. The number of aromatic nitrogens is 2. The van der Waals surface area contributed by atoms with E-state index in [9.17, 15) is 4.79 Å². The fourth-order valence-corrected chi connectivity index (χ4v) is 1.52. The van der Waals surface area contributed by atoms with Crippen LogP contribution in [0.15, 0.2) is 42.9 Å². The predicted octanol–water partition coefficient (Wildman–Crippen LogP) is 1.46. The molecule has 2 rings (SSSR count). The smallest absolute Gasteiger partial charge is 0.275 e. The average molecular weight is 267 g/mol. The Morgan fingerprint density at radius 2 is 2.15 bits per heavy atom. The Labute approximate surface area is 116 Å². The van der Waals surface area contributed by atoms with Gasteiger partial charge in [-0.05, 0) is 12.1 Å². The van der Waals surface area contributed by atoms with E-state index in [0.29, 0.717) is 17.7 Å². The van der Waals surface area contributed by atoms with E-state index < -0.39 is 0 Å². The Morgan fingerprint density at radius 3 is 2.90 bits per heavy atom. The second-order valence-electron chi connectivity index (χ2n) is 3.87. The Bertz CT molecular complexity index is 645. The van der Waals surface area contributed by atoms with Crippen LogP contribution in [-0.2, 0) is 0 Å². The lowest BCUT2D eigenvalue weighted by Gasteiger charge is -2.06. The first kappa shape index (κ1) is 13.7. The summed E-state index contributed by atoms with van der Waals surface area (Å²) >= 11 is 0. The fourth-order valence-electron chi connectivity index (χ4n) is 1.52. The average Bonchev–Trinajstić information content (AvgIpc) is 2.50. The molecule has 0 aliphatic carbocycles. The summed E-state index contributed by atoms with van der Waals surface area (Å²) in [5.74, 6) is 5.40. The normalized spacial score (nSPS) is 9.45. The van der Waals surface area contributed by atoms with Crippen LogP contribution in [0.2, 0.25) is 0 Å². The van der Waals surface area contributed by atoms with Crippen molar-refractivity contribution in [3.05, 3.63) is 54.1 Å². The van der Waals surface area contributed by atoms with Gasteiger partial charge in [-0.15, -0.1) is 0 Å². The molecule has 0 atom stereocenters. The molecule has 100 valence electrons. The van der Waals surface area contributed by atoms with Gasteiger partial charge >= 0.3 is 0 Å². The fraction of sp³-hybridized carbons (Fsp3) is 0.133. The minimum Gasteiger partial charge on any atom is -0.395 e. The van der Waals surface area contributed by atoms with Crippen molar-refractivity contribution in [2.45, 2.75) is 6.42 Å². The van der Waals surface area contributed by atoms with Gasteiger partial charge in [-0.3, -0.25) is 9.78 Å². The Balaban J connectivity index is 2.18. The molecule has 5 nitrogen and oxygen atoms in total. The Morgan fingerprint density at radius 1 is 1.30 bits per heavy atom. The molecular formula is C15H13N3O2. The maximum Gasteiger partial charge on any atom is 0.275 e. The zero-order valence-corrected chi connectivity index (χ0v) is 10.7. The molecule has 0 aliphatic heterocycles. The van der Waals surface area contributed by atoms with Gasteiger partial charge in [0.2, 0.25) is 0 Å². The van der Waals surface area contributed by atoms with Gasteiger partial charge in [0.1, 0.15) is 5.69 Å². The lowest BCUT2D eigenvalue weighted by Crippen LogP contribution is -2.14. The van der Waals surface area contributed by atoms with Crippen LogP contribution in [0.4, 0.5) is 5.69 Å². The summed E-state index contributed by atoms with van der Waals surface area (Å²) in [5, 5.41) is 11.5. The number of anilines is 1. The number of nitrogens with one attached hydrogen (secondary N) is 1. The van der Waals surface area contributed by atoms with E-state index in [1.165, 1.54) is 18.6 Å². The van der Waals surface area contributed by atoms with E-state index in [0.717, 1.165) is 0 Å². The van der Waals surface area contributed by atoms with Crippen molar-refractivity contribution >= 4 is 11.6 Å². The van der Waals surface area contributed by atoms with Crippen LogP contribution >= 0.6 is 0 Å². The van der Waals surface area contributed by atoms with Crippen LogP contribution in [0, 0.1) is 11.8 Å². The number of nitrogens with zero attached hydrogens (tertiary/aromatic N) is 2. The largest absolute Gasteiger partial charge is 0.395 e. The highest BCUT2D eigenvalue weighted by molar-refractivity contribution is 6.03. The molecule has 20 heavy (non-hydrogen) atoms. The standard InChI is InChI=1S/C15H13N3O2/c19-10-4-3-6-12-5-1-2-7-13(12)18-15(20)14-11-16-8-9-17-14/h1-2,5,7-9,11,19H,4,10H2,(H,18,20). The summed E-state index contributed by atoms with van der Waals surface area (Å²) in [6, 6.07) is 7.21. The van der Waals surface area contributed by atoms with Crippen LogP contribution in [0.25, 0.3) is 0 Å². The highest BCUT2D eigenvalue weighted by Gasteiger charge is 2.08. The summed E-state index contributed by atoms with van der Waals surface area (Å²) in [6.07, 6.45) is 4.76. The van der Waals surface area contributed by atoms with Crippen molar-refractivity contribution in [3.8, 4) is 11.8 Å². The van der Waals surface area contributed by atoms with Crippen molar-refractivity contribution in [2.24, 2.45) is 0 Å². The molecule has 0 aliphatic rings. The number of benzene rings is 1. The first-order chi connectivity index (χ1) is 9.81. The quantitative estimate of drug-likeness (QED) is 0.826.